The molecule has 0 unspecified atom stereocenters. The van der Waals surface area contributed by atoms with E-state index in [1.807, 2.05) is 24.3 Å². The summed E-state index contributed by atoms with van der Waals surface area (Å²) in [5, 5.41) is 12.3. The van der Waals surface area contributed by atoms with Gasteiger partial charge in [-0.25, -0.2) is 9.36 Å². The van der Waals surface area contributed by atoms with Crippen molar-refractivity contribution >= 4 is 41.0 Å². The first kappa shape index (κ1) is 17.9. The molecule has 0 bridgehead atoms. The third-order valence-electron chi connectivity index (χ3n) is 4.99. The predicted molar refractivity (Wildman–Crippen MR) is 110 cm³/mol. The normalized spacial score (nSPS) is 12.6. The first-order valence-electron chi connectivity index (χ1n) is 9.11. The lowest BCUT2D eigenvalue weighted by Crippen LogP contribution is -2.23. The maximum absolute atomic E-state index is 12.5. The number of aryl methyl sites for hydroxylation is 1. The van der Waals surface area contributed by atoms with Crippen molar-refractivity contribution in [2.45, 2.75) is 39.3 Å². The zero-order chi connectivity index (χ0) is 19.3. The molecule has 0 radical (unpaired) electrons. The van der Waals surface area contributed by atoms with Crippen LogP contribution in [0.3, 0.4) is 0 Å². The van der Waals surface area contributed by atoms with Crippen molar-refractivity contribution in [3.8, 4) is 5.75 Å². The van der Waals surface area contributed by atoms with Crippen LogP contribution >= 0.6 is 0 Å². The van der Waals surface area contributed by atoms with E-state index in [1.165, 1.54) is 4.57 Å². The molecule has 0 saturated heterocycles. The summed E-state index contributed by atoms with van der Waals surface area (Å²) in [6, 6.07) is 8.81. The summed E-state index contributed by atoms with van der Waals surface area (Å²) in [6.07, 6.45) is 0. The number of oxazole rings is 1. The number of hydrogen-bond acceptors (Lipinski definition) is 4. The third-order valence-corrected chi connectivity index (χ3v) is 6.69. The van der Waals surface area contributed by atoms with Crippen LogP contribution < -0.4 is 5.76 Å². The van der Waals surface area contributed by atoms with Gasteiger partial charge in [0.05, 0.1) is 5.52 Å². The van der Waals surface area contributed by atoms with Gasteiger partial charge in [-0.2, -0.15) is 0 Å². The number of fused-ring (bicyclic) bond motifs is 5. The number of benzene rings is 2. The van der Waals surface area contributed by atoms with E-state index >= 15 is 0 Å². The van der Waals surface area contributed by atoms with Crippen molar-refractivity contribution in [2.24, 2.45) is 0 Å². The number of phenols is 1. The van der Waals surface area contributed by atoms with Gasteiger partial charge in [-0.3, -0.25) is 0 Å². The van der Waals surface area contributed by atoms with E-state index in [9.17, 15) is 9.90 Å². The largest absolute Gasteiger partial charge is 0.505 e. The maximum atomic E-state index is 12.5. The zero-order valence-corrected chi connectivity index (χ0v) is 17.0. The number of aromatic nitrogens is 2. The number of hydrogen-bond donors (Lipinski definition) is 2. The van der Waals surface area contributed by atoms with Crippen molar-refractivity contribution in [1.82, 2.24) is 9.55 Å². The van der Waals surface area contributed by atoms with Crippen LogP contribution in [0.25, 0.3) is 32.9 Å². The van der Waals surface area contributed by atoms with E-state index in [4.69, 9.17) is 9.15 Å². The molecule has 4 aromatic rings. The van der Waals surface area contributed by atoms with Crippen molar-refractivity contribution in [3.05, 3.63) is 40.4 Å². The van der Waals surface area contributed by atoms with Crippen LogP contribution in [0.2, 0.25) is 25.7 Å². The van der Waals surface area contributed by atoms with Gasteiger partial charge in [0.15, 0.2) is 5.58 Å². The number of ether oxygens (including phenoxy) is 1. The van der Waals surface area contributed by atoms with Crippen molar-refractivity contribution in [3.63, 3.8) is 0 Å². The van der Waals surface area contributed by atoms with Crippen LogP contribution in [-0.4, -0.2) is 29.3 Å². The summed E-state index contributed by atoms with van der Waals surface area (Å²) in [7, 11) is -1.21. The fourth-order valence-electron chi connectivity index (χ4n) is 3.42. The molecule has 0 saturated carbocycles. The highest BCUT2D eigenvalue weighted by Gasteiger charge is 2.22. The minimum absolute atomic E-state index is 0.106. The molecule has 2 heterocycles. The molecule has 2 N–H and O–H groups in total. The van der Waals surface area contributed by atoms with Crippen LogP contribution in [0.4, 0.5) is 0 Å². The Morgan fingerprint density at radius 3 is 2.74 bits per heavy atom. The van der Waals surface area contributed by atoms with E-state index in [2.05, 4.69) is 24.6 Å². The second-order valence-corrected chi connectivity index (χ2v) is 13.8. The van der Waals surface area contributed by atoms with Crippen LogP contribution in [0.15, 0.2) is 33.5 Å². The van der Waals surface area contributed by atoms with Crippen LogP contribution in [0.1, 0.15) is 5.56 Å². The third kappa shape index (κ3) is 2.96. The molecule has 6 nitrogen and oxygen atoms in total. The molecule has 0 fully saturated rings. The summed E-state index contributed by atoms with van der Waals surface area (Å²) in [4.78, 5) is 15.8. The number of nitrogens with one attached hydrogen (secondary N) is 1. The molecular formula is C20H24N2O4Si. The molecule has 7 heteroatoms. The van der Waals surface area contributed by atoms with Gasteiger partial charge < -0.3 is 19.2 Å². The number of aromatic amines is 1. The predicted octanol–water partition coefficient (Wildman–Crippen LogP) is 4.56. The highest BCUT2D eigenvalue weighted by Crippen LogP contribution is 2.40. The minimum Gasteiger partial charge on any atom is -0.505 e. The molecule has 0 aliphatic carbocycles. The van der Waals surface area contributed by atoms with Crippen LogP contribution in [0, 0.1) is 6.92 Å². The van der Waals surface area contributed by atoms with Crippen molar-refractivity contribution < 1.29 is 14.3 Å². The molecule has 0 aliphatic heterocycles. The summed E-state index contributed by atoms with van der Waals surface area (Å²) >= 11 is 0. The average molecular weight is 385 g/mol. The van der Waals surface area contributed by atoms with E-state index in [-0.39, 0.29) is 12.5 Å². The fraction of sp³-hybridized carbons (Fsp3) is 0.350. The lowest BCUT2D eigenvalue weighted by atomic mass is 10.1. The summed E-state index contributed by atoms with van der Waals surface area (Å²) in [6.45, 7) is 9.37. The molecule has 0 spiro atoms. The van der Waals surface area contributed by atoms with E-state index in [0.717, 1.165) is 22.3 Å². The number of nitrogens with zero attached hydrogens (tertiary/aromatic N) is 1. The number of aromatic hydroxyl groups is 1. The Morgan fingerprint density at radius 2 is 2.00 bits per heavy atom. The molecule has 27 heavy (non-hydrogen) atoms. The molecular weight excluding hydrogens is 360 g/mol. The van der Waals surface area contributed by atoms with Gasteiger partial charge in [-0.05, 0) is 19.0 Å². The van der Waals surface area contributed by atoms with Gasteiger partial charge in [-0.15, -0.1) is 0 Å². The topological polar surface area (TPSA) is 80.4 Å². The second-order valence-electron chi connectivity index (χ2n) is 8.22. The summed E-state index contributed by atoms with van der Waals surface area (Å²) < 4.78 is 12.8. The molecule has 0 amide bonds. The SMILES string of the molecule is Cc1c(O)c2[nH]c3ccccc3c2c2c1oc(=O)n2COCC[Si](C)(C)C. The van der Waals surface area contributed by atoms with Gasteiger partial charge in [0.25, 0.3) is 0 Å². The number of rotatable bonds is 5. The van der Waals surface area contributed by atoms with E-state index in [0.29, 0.717) is 28.8 Å². The molecule has 142 valence electrons. The average Bonchev–Trinajstić information content (AvgIpc) is 3.14. The number of phenolic OH excluding ortho intramolecular Hbond substituents is 1. The highest BCUT2D eigenvalue weighted by molar-refractivity contribution is 6.76. The minimum atomic E-state index is -1.21. The Hall–Kier alpha value is -2.51. The molecule has 2 aromatic heterocycles. The Bertz CT molecular complexity index is 1210. The highest BCUT2D eigenvalue weighted by atomic mass is 28.3. The monoisotopic (exact) mass is 384 g/mol. The quantitative estimate of drug-likeness (QED) is 0.391. The summed E-state index contributed by atoms with van der Waals surface area (Å²) in [5.74, 6) is -0.368. The lowest BCUT2D eigenvalue weighted by Gasteiger charge is -2.15. The lowest BCUT2D eigenvalue weighted by molar-refractivity contribution is 0.0851. The molecule has 4 rings (SSSR count). The van der Waals surface area contributed by atoms with Gasteiger partial charge in [-0.1, -0.05) is 37.8 Å². The van der Waals surface area contributed by atoms with Gasteiger partial charge >= 0.3 is 5.76 Å². The van der Waals surface area contributed by atoms with Crippen molar-refractivity contribution in [1.29, 1.82) is 0 Å². The zero-order valence-electron chi connectivity index (χ0n) is 16.0. The van der Waals surface area contributed by atoms with Crippen LogP contribution in [0.5, 0.6) is 5.75 Å². The Morgan fingerprint density at radius 1 is 1.26 bits per heavy atom. The fourth-order valence-corrected chi connectivity index (χ4v) is 4.18. The van der Waals surface area contributed by atoms with Crippen molar-refractivity contribution in [2.75, 3.05) is 6.61 Å². The summed E-state index contributed by atoms with van der Waals surface area (Å²) in [5.41, 5.74) is 3.12. The number of para-hydroxylation sites is 1. The first-order chi connectivity index (χ1) is 12.8. The molecule has 0 atom stereocenters. The van der Waals surface area contributed by atoms with Gasteiger partial charge in [0.2, 0.25) is 0 Å². The standard InChI is InChI=1S/C20H24N2O4Si/c1-12-18(23)16-15(13-7-5-6-8-14(13)21-16)17-19(12)26-20(24)22(17)11-25-9-10-27(2,3)4/h5-8,21,23H,9-11H2,1-4H3. The first-order valence-corrected chi connectivity index (χ1v) is 12.8. The van der Waals surface area contributed by atoms with E-state index in [1.54, 1.807) is 6.92 Å². The van der Waals surface area contributed by atoms with Gasteiger partial charge in [0.1, 0.15) is 18.0 Å². The maximum Gasteiger partial charge on any atom is 0.421 e. The van der Waals surface area contributed by atoms with Crippen LogP contribution in [-0.2, 0) is 11.5 Å². The Kier molecular flexibility index (Phi) is 4.16. The Balaban J connectivity index is 1.91. The molecule has 2 aromatic carbocycles. The molecule has 0 aliphatic rings. The van der Waals surface area contributed by atoms with E-state index < -0.39 is 13.8 Å². The number of H-pyrrole nitrogens is 1. The second kappa shape index (κ2) is 6.28. The Labute approximate surface area is 157 Å². The smallest absolute Gasteiger partial charge is 0.421 e. The van der Waals surface area contributed by atoms with Gasteiger partial charge in [0, 0.05) is 36.5 Å².